The minimum atomic E-state index is -0.921. The van der Waals surface area contributed by atoms with Gasteiger partial charge in [0.05, 0.1) is 20.3 Å². The van der Waals surface area contributed by atoms with E-state index < -0.39 is 11.9 Å². The van der Waals surface area contributed by atoms with E-state index in [9.17, 15) is 9.59 Å². The van der Waals surface area contributed by atoms with Crippen molar-refractivity contribution >= 4 is 17.5 Å². The van der Waals surface area contributed by atoms with Crippen LogP contribution in [0.25, 0.3) is 17.0 Å². The Morgan fingerprint density at radius 2 is 1.89 bits per heavy atom. The van der Waals surface area contributed by atoms with Crippen LogP contribution in [0.3, 0.4) is 0 Å². The molecule has 1 aromatic carbocycles. The van der Waals surface area contributed by atoms with Gasteiger partial charge in [0.1, 0.15) is 12.4 Å². The fourth-order valence-corrected chi connectivity index (χ4v) is 2.36. The van der Waals surface area contributed by atoms with Gasteiger partial charge in [-0.2, -0.15) is 4.52 Å². The normalized spacial score (nSPS) is 10.5. The summed E-state index contributed by atoms with van der Waals surface area (Å²) in [5.74, 6) is -0.115. The average Bonchev–Trinajstić information content (AvgIpc) is 3.14. The zero-order chi connectivity index (χ0) is 19.9. The van der Waals surface area contributed by atoms with Crippen molar-refractivity contribution in [2.75, 3.05) is 26.9 Å². The Morgan fingerprint density at radius 1 is 1.11 bits per heavy atom. The molecule has 0 saturated heterocycles. The Kier molecular flexibility index (Phi) is 6.00. The Bertz CT molecular complexity index is 970. The molecule has 0 radical (unpaired) electrons. The number of rotatable bonds is 7. The second-order valence-electron chi connectivity index (χ2n) is 5.52. The molecular formula is C18H19N5O5. The molecule has 0 aliphatic carbocycles. The van der Waals surface area contributed by atoms with Gasteiger partial charge < -0.3 is 19.5 Å². The summed E-state index contributed by atoms with van der Waals surface area (Å²) < 4.78 is 16.8. The maximum Gasteiger partial charge on any atom is 0.396 e. The number of ether oxygens (including phenoxy) is 3. The molecule has 0 atom stereocenters. The molecule has 0 bridgehead atoms. The summed E-state index contributed by atoms with van der Waals surface area (Å²) in [5, 5.41) is 15.0. The lowest BCUT2D eigenvalue weighted by molar-refractivity contribution is -0.154. The third-order valence-electron chi connectivity index (χ3n) is 3.68. The number of amides is 1. The number of nitrogens with zero attached hydrogens (tertiary/aromatic N) is 4. The molecule has 3 aromatic rings. The second kappa shape index (κ2) is 8.80. The van der Waals surface area contributed by atoms with Gasteiger partial charge in [-0.15, -0.1) is 15.3 Å². The van der Waals surface area contributed by atoms with Crippen LogP contribution in [-0.2, 0) is 14.3 Å². The summed E-state index contributed by atoms with van der Waals surface area (Å²) in [6.07, 6.45) is 0. The number of aromatic nitrogens is 4. The molecule has 2 aromatic heterocycles. The third-order valence-corrected chi connectivity index (χ3v) is 3.68. The average molecular weight is 385 g/mol. The van der Waals surface area contributed by atoms with Gasteiger partial charge in [-0.1, -0.05) is 0 Å². The van der Waals surface area contributed by atoms with Gasteiger partial charge in [-0.3, -0.25) is 4.79 Å². The molecule has 0 unspecified atom stereocenters. The summed E-state index contributed by atoms with van der Waals surface area (Å²) in [4.78, 5) is 22.7. The topological polar surface area (TPSA) is 117 Å². The second-order valence-corrected chi connectivity index (χ2v) is 5.52. The van der Waals surface area contributed by atoms with Crippen LogP contribution in [0.5, 0.6) is 11.6 Å². The van der Waals surface area contributed by atoms with E-state index in [4.69, 9.17) is 9.47 Å². The monoisotopic (exact) mass is 385 g/mol. The van der Waals surface area contributed by atoms with Crippen LogP contribution in [0.2, 0.25) is 0 Å². The summed E-state index contributed by atoms with van der Waals surface area (Å²) in [6.45, 7) is 2.03. The minimum Gasteiger partial charge on any atom is -0.497 e. The number of hydrogen-bond acceptors (Lipinski definition) is 8. The van der Waals surface area contributed by atoms with Gasteiger partial charge in [-0.05, 0) is 37.3 Å². The van der Waals surface area contributed by atoms with Crippen LogP contribution in [-0.4, -0.2) is 58.6 Å². The first kappa shape index (κ1) is 19.1. The Labute approximate surface area is 160 Å². The van der Waals surface area contributed by atoms with E-state index in [1.807, 2.05) is 24.3 Å². The lowest BCUT2D eigenvalue weighted by Gasteiger charge is -2.07. The SMILES string of the molecule is CCOC(=O)C(=O)NCCOc1ccc2nnc(-c3ccc(OC)cc3)n2n1. The molecule has 28 heavy (non-hydrogen) atoms. The Balaban J connectivity index is 1.65. The predicted molar refractivity (Wildman–Crippen MR) is 97.9 cm³/mol. The molecule has 0 saturated carbocycles. The highest BCUT2D eigenvalue weighted by Gasteiger charge is 2.14. The van der Waals surface area contributed by atoms with E-state index in [0.29, 0.717) is 17.4 Å². The van der Waals surface area contributed by atoms with Crippen molar-refractivity contribution in [3.05, 3.63) is 36.4 Å². The molecule has 0 fully saturated rings. The van der Waals surface area contributed by atoms with Gasteiger partial charge in [0.2, 0.25) is 5.88 Å². The van der Waals surface area contributed by atoms with Crippen LogP contribution < -0.4 is 14.8 Å². The number of carbonyl (C=O) groups excluding carboxylic acids is 2. The molecule has 10 heteroatoms. The number of methoxy groups -OCH3 is 1. The highest BCUT2D eigenvalue weighted by Crippen LogP contribution is 2.21. The quantitative estimate of drug-likeness (QED) is 0.362. The lowest BCUT2D eigenvalue weighted by Crippen LogP contribution is -2.35. The molecular weight excluding hydrogens is 366 g/mol. The number of nitrogens with one attached hydrogen (secondary N) is 1. The van der Waals surface area contributed by atoms with Crippen molar-refractivity contribution in [1.82, 2.24) is 25.1 Å². The summed E-state index contributed by atoms with van der Waals surface area (Å²) in [5.41, 5.74) is 1.38. The molecule has 10 nitrogen and oxygen atoms in total. The number of carbonyl (C=O) groups is 2. The molecule has 1 amide bonds. The Hall–Kier alpha value is -3.69. The van der Waals surface area contributed by atoms with Crippen molar-refractivity contribution in [3.63, 3.8) is 0 Å². The third kappa shape index (κ3) is 4.34. The minimum absolute atomic E-state index is 0.129. The number of esters is 1. The van der Waals surface area contributed by atoms with Gasteiger partial charge in [0, 0.05) is 11.6 Å². The maximum absolute atomic E-state index is 11.4. The first-order valence-corrected chi connectivity index (χ1v) is 8.57. The van der Waals surface area contributed by atoms with Crippen molar-refractivity contribution < 1.29 is 23.8 Å². The van der Waals surface area contributed by atoms with Gasteiger partial charge >= 0.3 is 11.9 Å². The maximum atomic E-state index is 11.4. The first-order valence-electron chi connectivity index (χ1n) is 8.57. The van der Waals surface area contributed by atoms with Crippen molar-refractivity contribution in [2.24, 2.45) is 0 Å². The molecule has 2 heterocycles. The summed E-state index contributed by atoms with van der Waals surface area (Å²) in [7, 11) is 1.60. The van der Waals surface area contributed by atoms with Crippen LogP contribution in [0.4, 0.5) is 0 Å². The fourth-order valence-electron chi connectivity index (χ4n) is 2.36. The first-order chi connectivity index (χ1) is 13.6. The van der Waals surface area contributed by atoms with Gasteiger partial charge in [0.15, 0.2) is 11.5 Å². The molecule has 0 aliphatic heterocycles. The fraction of sp³-hybridized carbons (Fsp3) is 0.278. The highest BCUT2D eigenvalue weighted by molar-refractivity contribution is 6.32. The van der Waals surface area contributed by atoms with E-state index in [1.165, 1.54) is 0 Å². The molecule has 146 valence electrons. The van der Waals surface area contributed by atoms with E-state index in [-0.39, 0.29) is 19.8 Å². The van der Waals surface area contributed by atoms with Crippen molar-refractivity contribution in [2.45, 2.75) is 6.92 Å². The van der Waals surface area contributed by atoms with Crippen LogP contribution in [0.15, 0.2) is 36.4 Å². The van der Waals surface area contributed by atoms with Crippen LogP contribution >= 0.6 is 0 Å². The zero-order valence-corrected chi connectivity index (χ0v) is 15.4. The van der Waals surface area contributed by atoms with Crippen LogP contribution in [0, 0.1) is 0 Å². The van der Waals surface area contributed by atoms with Gasteiger partial charge in [-0.25, -0.2) is 4.79 Å². The molecule has 0 spiro atoms. The van der Waals surface area contributed by atoms with Crippen molar-refractivity contribution in [3.8, 4) is 23.0 Å². The zero-order valence-electron chi connectivity index (χ0n) is 15.4. The summed E-state index contributed by atoms with van der Waals surface area (Å²) in [6, 6.07) is 10.7. The smallest absolute Gasteiger partial charge is 0.396 e. The van der Waals surface area contributed by atoms with Crippen molar-refractivity contribution in [1.29, 1.82) is 0 Å². The van der Waals surface area contributed by atoms with Crippen LogP contribution in [0.1, 0.15) is 6.92 Å². The Morgan fingerprint density at radius 3 is 2.61 bits per heavy atom. The standard InChI is InChI=1S/C18H19N5O5/c1-3-27-18(25)17(24)19-10-11-28-15-9-8-14-20-21-16(23(14)22-15)12-4-6-13(26-2)7-5-12/h4-9H,3,10-11H2,1-2H3,(H,19,24). The molecule has 3 rings (SSSR count). The van der Waals surface area contributed by atoms with E-state index in [1.54, 1.807) is 30.7 Å². The molecule has 0 aliphatic rings. The molecule has 1 N–H and O–H groups in total. The number of fused-ring (bicyclic) bond motifs is 1. The van der Waals surface area contributed by atoms with Gasteiger partial charge in [0.25, 0.3) is 0 Å². The largest absolute Gasteiger partial charge is 0.497 e. The highest BCUT2D eigenvalue weighted by atomic mass is 16.5. The number of hydrogen-bond donors (Lipinski definition) is 1. The lowest BCUT2D eigenvalue weighted by atomic mass is 10.2. The number of benzene rings is 1. The summed E-state index contributed by atoms with van der Waals surface area (Å²) >= 11 is 0. The predicted octanol–water partition coefficient (Wildman–Crippen LogP) is 0.858. The van der Waals surface area contributed by atoms with E-state index >= 15 is 0 Å². The van der Waals surface area contributed by atoms with E-state index in [2.05, 4.69) is 25.3 Å². The van der Waals surface area contributed by atoms with E-state index in [0.717, 1.165) is 11.3 Å².